The van der Waals surface area contributed by atoms with Crippen molar-refractivity contribution in [1.82, 2.24) is 4.90 Å². The maximum atomic E-state index is 15.8. The minimum atomic E-state index is -1.08. The number of carbonyl (C=O) groups excluding carboxylic acids is 1. The summed E-state index contributed by atoms with van der Waals surface area (Å²) in [5, 5.41) is 14.3. The first kappa shape index (κ1) is 31.6. The van der Waals surface area contributed by atoms with Crippen LogP contribution in [0.25, 0.3) is 0 Å². The van der Waals surface area contributed by atoms with Gasteiger partial charge in [0.05, 0.1) is 25.1 Å². The molecular weight excluding hydrogens is 587 g/mol. The van der Waals surface area contributed by atoms with Crippen LogP contribution in [0.2, 0.25) is 5.02 Å². The van der Waals surface area contributed by atoms with Crippen molar-refractivity contribution in [3.05, 3.63) is 81.1 Å². The molecule has 1 amide bonds. The Hall–Kier alpha value is -3.82. The molecule has 2 N–H and O–H groups in total. The van der Waals surface area contributed by atoms with E-state index in [2.05, 4.69) is 5.32 Å². The number of ether oxygens (including phenoxy) is 3. The van der Waals surface area contributed by atoms with Crippen LogP contribution >= 0.6 is 11.6 Å². The fourth-order valence-corrected chi connectivity index (χ4v) is 6.67. The highest BCUT2D eigenvalue weighted by Crippen LogP contribution is 2.49. The van der Waals surface area contributed by atoms with E-state index in [1.54, 1.807) is 17.0 Å². The highest BCUT2D eigenvalue weighted by molar-refractivity contribution is 6.30. The van der Waals surface area contributed by atoms with E-state index in [1.165, 1.54) is 6.07 Å². The molecule has 5 rings (SSSR count). The molecule has 0 saturated carbocycles. The Balaban J connectivity index is 1.53. The quantitative estimate of drug-likeness (QED) is 0.239. The summed E-state index contributed by atoms with van der Waals surface area (Å²) in [6.07, 6.45) is 2.10. The Morgan fingerprint density at radius 1 is 1.05 bits per heavy atom. The zero-order valence-electron chi connectivity index (χ0n) is 25.4. The standard InChI is InChI=1S/C34H38ClFN2O6/c1-5-10-42-23-8-9-24(27(36)14-23)33-31(34(40)41)26(25-15-29-28(11-19(25)4)43-18-44-29)16-38(33)17-30(39)37-32-20(6-2)12-22(35)13-21(32)7-3/h8-9,11-15,26,31,33H,5-7,10,16-18H2,1-4H3,(H,37,39)(H,40,41)/t26-,31?,33+/m1/s1. The molecule has 44 heavy (non-hydrogen) atoms. The zero-order valence-corrected chi connectivity index (χ0v) is 26.2. The third-order valence-electron chi connectivity index (χ3n) is 8.45. The monoisotopic (exact) mass is 624 g/mol. The molecule has 3 aromatic rings. The Kier molecular flexibility index (Phi) is 9.65. The van der Waals surface area contributed by atoms with E-state index in [4.69, 9.17) is 25.8 Å². The molecule has 3 atom stereocenters. The topological polar surface area (TPSA) is 97.3 Å². The van der Waals surface area contributed by atoms with Gasteiger partial charge in [0.15, 0.2) is 11.5 Å². The van der Waals surface area contributed by atoms with Crippen molar-refractivity contribution in [2.24, 2.45) is 5.92 Å². The average molecular weight is 625 g/mol. The van der Waals surface area contributed by atoms with Gasteiger partial charge in [-0.05, 0) is 78.8 Å². The molecule has 1 fully saturated rings. The molecule has 0 bridgehead atoms. The smallest absolute Gasteiger partial charge is 0.309 e. The number of halogens is 2. The Labute approximate surface area is 262 Å². The van der Waals surface area contributed by atoms with Crippen LogP contribution < -0.4 is 19.5 Å². The predicted octanol–water partition coefficient (Wildman–Crippen LogP) is 6.91. The summed E-state index contributed by atoms with van der Waals surface area (Å²) in [4.78, 5) is 28.5. The van der Waals surface area contributed by atoms with E-state index in [-0.39, 0.29) is 31.4 Å². The highest BCUT2D eigenvalue weighted by Gasteiger charge is 2.49. The summed E-state index contributed by atoms with van der Waals surface area (Å²) < 4.78 is 32.5. The first-order valence-corrected chi connectivity index (χ1v) is 15.4. The van der Waals surface area contributed by atoms with E-state index >= 15 is 4.39 Å². The maximum absolute atomic E-state index is 15.8. The third kappa shape index (κ3) is 6.35. The van der Waals surface area contributed by atoms with Gasteiger partial charge in [-0.15, -0.1) is 0 Å². The van der Waals surface area contributed by atoms with Gasteiger partial charge in [-0.3, -0.25) is 14.5 Å². The van der Waals surface area contributed by atoms with Crippen LogP contribution in [0, 0.1) is 18.7 Å². The lowest BCUT2D eigenvalue weighted by Gasteiger charge is -2.28. The van der Waals surface area contributed by atoms with Gasteiger partial charge in [-0.25, -0.2) is 4.39 Å². The van der Waals surface area contributed by atoms with E-state index < -0.39 is 29.7 Å². The van der Waals surface area contributed by atoms with Crippen molar-refractivity contribution >= 4 is 29.2 Å². The van der Waals surface area contributed by atoms with Gasteiger partial charge in [0.1, 0.15) is 11.6 Å². The van der Waals surface area contributed by atoms with Crippen LogP contribution in [0.1, 0.15) is 67.0 Å². The number of carboxylic acid groups (broad SMARTS) is 1. The van der Waals surface area contributed by atoms with Crippen LogP contribution in [0.4, 0.5) is 10.1 Å². The van der Waals surface area contributed by atoms with Crippen molar-refractivity contribution in [1.29, 1.82) is 0 Å². The molecule has 3 aromatic carbocycles. The number of amides is 1. The average Bonchev–Trinajstić information content (AvgIpc) is 3.60. The Bertz CT molecular complexity index is 1540. The number of nitrogens with one attached hydrogen (secondary N) is 1. The SMILES string of the molecule is CCCOc1ccc([C@H]2C(C(=O)O)[C@@H](c3cc4c(cc3C)OCO4)CN2CC(=O)Nc2c(CC)cc(Cl)cc2CC)c(F)c1. The van der Waals surface area contributed by atoms with E-state index in [0.717, 1.165) is 28.7 Å². The van der Waals surface area contributed by atoms with Crippen LogP contribution in [0.3, 0.4) is 0 Å². The number of hydrogen-bond donors (Lipinski definition) is 2. The molecule has 1 unspecified atom stereocenters. The first-order chi connectivity index (χ1) is 21.1. The molecule has 10 heteroatoms. The molecule has 2 heterocycles. The molecule has 2 aliphatic heterocycles. The number of hydrogen-bond acceptors (Lipinski definition) is 6. The maximum Gasteiger partial charge on any atom is 0.309 e. The van der Waals surface area contributed by atoms with Crippen LogP contribution in [0.5, 0.6) is 17.2 Å². The molecule has 2 aliphatic rings. The number of fused-ring (bicyclic) bond motifs is 1. The van der Waals surface area contributed by atoms with Gasteiger partial charge in [-0.2, -0.15) is 0 Å². The number of carbonyl (C=O) groups is 2. The molecule has 0 aliphatic carbocycles. The third-order valence-corrected chi connectivity index (χ3v) is 8.67. The van der Waals surface area contributed by atoms with E-state index in [9.17, 15) is 14.7 Å². The number of nitrogens with zero attached hydrogens (tertiary/aromatic N) is 1. The van der Waals surface area contributed by atoms with Crippen molar-refractivity contribution < 1.29 is 33.3 Å². The predicted molar refractivity (Wildman–Crippen MR) is 167 cm³/mol. The molecule has 8 nitrogen and oxygen atoms in total. The minimum absolute atomic E-state index is 0.0853. The molecule has 1 saturated heterocycles. The van der Waals surface area contributed by atoms with Gasteiger partial charge >= 0.3 is 5.97 Å². The summed E-state index contributed by atoms with van der Waals surface area (Å²) in [6.45, 7) is 8.41. The van der Waals surface area contributed by atoms with Gasteiger partial charge in [-0.1, -0.05) is 38.4 Å². The molecule has 0 aromatic heterocycles. The number of carboxylic acids is 1. The summed E-state index contributed by atoms with van der Waals surface area (Å²) in [7, 11) is 0. The number of anilines is 1. The van der Waals surface area contributed by atoms with Crippen molar-refractivity contribution in [3.8, 4) is 17.2 Å². The summed E-state index contributed by atoms with van der Waals surface area (Å²) in [6, 6.07) is 10.9. The van der Waals surface area contributed by atoms with Gasteiger partial charge in [0.25, 0.3) is 0 Å². The summed E-state index contributed by atoms with van der Waals surface area (Å²) in [5.74, 6) is -2.08. The lowest BCUT2D eigenvalue weighted by Crippen LogP contribution is -2.36. The largest absolute Gasteiger partial charge is 0.494 e. The van der Waals surface area contributed by atoms with Crippen LogP contribution in [-0.2, 0) is 22.4 Å². The second kappa shape index (κ2) is 13.4. The second-order valence-corrected chi connectivity index (χ2v) is 11.7. The Morgan fingerprint density at radius 2 is 1.73 bits per heavy atom. The van der Waals surface area contributed by atoms with Gasteiger partial charge in [0, 0.05) is 34.8 Å². The normalized spacial score (nSPS) is 19.3. The van der Waals surface area contributed by atoms with Crippen molar-refractivity contribution in [2.75, 3.05) is 31.8 Å². The zero-order chi connectivity index (χ0) is 31.5. The number of aliphatic carboxylic acids is 1. The van der Waals surface area contributed by atoms with Gasteiger partial charge in [0.2, 0.25) is 12.7 Å². The first-order valence-electron chi connectivity index (χ1n) is 15.0. The number of benzene rings is 3. The van der Waals surface area contributed by atoms with E-state index in [1.807, 2.05) is 52.0 Å². The van der Waals surface area contributed by atoms with Crippen molar-refractivity contribution in [3.63, 3.8) is 0 Å². The van der Waals surface area contributed by atoms with Crippen LogP contribution in [0.15, 0.2) is 42.5 Å². The fourth-order valence-electron chi connectivity index (χ4n) is 6.40. The van der Waals surface area contributed by atoms with Crippen molar-refractivity contribution in [2.45, 2.75) is 58.9 Å². The van der Waals surface area contributed by atoms with Crippen LogP contribution in [-0.4, -0.2) is 48.4 Å². The lowest BCUT2D eigenvalue weighted by atomic mass is 9.81. The number of rotatable bonds is 11. The minimum Gasteiger partial charge on any atom is -0.494 e. The highest BCUT2D eigenvalue weighted by atomic mass is 35.5. The van der Waals surface area contributed by atoms with E-state index in [0.29, 0.717) is 47.4 Å². The van der Waals surface area contributed by atoms with Gasteiger partial charge < -0.3 is 24.6 Å². The Morgan fingerprint density at radius 3 is 2.34 bits per heavy atom. The molecule has 0 spiro atoms. The second-order valence-electron chi connectivity index (χ2n) is 11.3. The molecule has 234 valence electrons. The fraction of sp³-hybridized carbons (Fsp3) is 0.412. The number of likely N-dealkylation sites (tertiary alicyclic amines) is 1. The summed E-state index contributed by atoms with van der Waals surface area (Å²) in [5.41, 5.74) is 4.32. The lowest BCUT2D eigenvalue weighted by molar-refractivity contribution is -0.143. The summed E-state index contributed by atoms with van der Waals surface area (Å²) >= 11 is 6.32. The number of aryl methyl sites for hydroxylation is 3. The molecule has 0 radical (unpaired) electrons. The molecular formula is C34H38ClFN2O6.